The Labute approximate surface area is 135 Å². The van der Waals surface area contributed by atoms with Crippen molar-refractivity contribution in [1.82, 2.24) is 25.1 Å². The minimum Gasteiger partial charge on any atom is -0.349 e. The van der Waals surface area contributed by atoms with Crippen molar-refractivity contribution in [3.8, 4) is 11.3 Å². The van der Waals surface area contributed by atoms with Crippen LogP contribution in [0.25, 0.3) is 11.3 Å². The van der Waals surface area contributed by atoms with E-state index in [1.54, 1.807) is 23.7 Å². The third-order valence-electron chi connectivity index (χ3n) is 3.10. The molecule has 1 amide bonds. The number of carbonyl (C=O) groups is 1. The molecule has 7 nitrogen and oxygen atoms in total. The molecule has 3 aromatic heterocycles. The Morgan fingerprint density at radius 2 is 2.09 bits per heavy atom. The number of amides is 1. The molecule has 0 saturated carbocycles. The summed E-state index contributed by atoms with van der Waals surface area (Å²) in [6.45, 7) is 0.104. The van der Waals surface area contributed by atoms with E-state index < -0.39 is 0 Å². The summed E-state index contributed by atoms with van der Waals surface area (Å²) in [5.41, 5.74) is 2.06. The first-order chi connectivity index (χ1) is 11.2. The number of carbonyl (C=O) groups excluding carboxylic acids is 1. The van der Waals surface area contributed by atoms with Crippen LogP contribution in [0.5, 0.6) is 0 Å². The predicted molar refractivity (Wildman–Crippen MR) is 85.7 cm³/mol. The number of rotatable bonds is 5. The first kappa shape index (κ1) is 15.0. The normalized spacial score (nSPS) is 10.4. The van der Waals surface area contributed by atoms with Crippen LogP contribution in [0.1, 0.15) is 5.69 Å². The molecule has 0 atom stereocenters. The molecule has 0 aliphatic rings. The van der Waals surface area contributed by atoms with Crippen molar-refractivity contribution in [2.24, 2.45) is 0 Å². The zero-order valence-corrected chi connectivity index (χ0v) is 12.9. The second kappa shape index (κ2) is 6.93. The van der Waals surface area contributed by atoms with Crippen LogP contribution >= 0.6 is 11.3 Å². The third-order valence-corrected chi connectivity index (χ3v) is 3.78. The molecule has 8 heteroatoms. The maximum absolute atomic E-state index is 12.0. The molecular weight excluding hydrogens is 314 g/mol. The van der Waals surface area contributed by atoms with E-state index in [0.29, 0.717) is 5.69 Å². The molecular formula is C15H13N5O2S. The molecule has 3 heterocycles. The lowest BCUT2D eigenvalue weighted by atomic mass is 10.2. The van der Waals surface area contributed by atoms with Crippen molar-refractivity contribution in [3.05, 3.63) is 63.6 Å². The van der Waals surface area contributed by atoms with Gasteiger partial charge in [0.15, 0.2) is 0 Å². The van der Waals surface area contributed by atoms with E-state index in [4.69, 9.17) is 0 Å². The highest BCUT2D eigenvalue weighted by Crippen LogP contribution is 2.21. The Morgan fingerprint density at radius 1 is 1.22 bits per heavy atom. The maximum atomic E-state index is 12.0. The van der Waals surface area contributed by atoms with Gasteiger partial charge in [-0.1, -0.05) is 0 Å². The number of hydrogen-bond acceptors (Lipinski definition) is 6. The summed E-state index contributed by atoms with van der Waals surface area (Å²) in [4.78, 5) is 32.1. The van der Waals surface area contributed by atoms with Crippen LogP contribution < -0.4 is 10.9 Å². The molecule has 0 aliphatic carbocycles. The molecule has 3 aromatic rings. The Hall–Kier alpha value is -2.87. The van der Waals surface area contributed by atoms with Crippen LogP contribution in [0.4, 0.5) is 0 Å². The fourth-order valence-corrected chi connectivity index (χ4v) is 2.66. The quantitative estimate of drug-likeness (QED) is 0.757. The minimum atomic E-state index is -0.318. The second-order valence-corrected chi connectivity index (χ2v) is 5.44. The highest BCUT2D eigenvalue weighted by molar-refractivity contribution is 7.08. The fraction of sp³-hybridized carbons (Fsp3) is 0.133. The lowest BCUT2D eigenvalue weighted by Gasteiger charge is -2.08. The lowest BCUT2D eigenvalue weighted by molar-refractivity contribution is -0.122. The number of nitrogens with zero attached hydrogens (tertiary/aromatic N) is 4. The van der Waals surface area contributed by atoms with Crippen LogP contribution in [0.3, 0.4) is 0 Å². The Bertz CT molecular complexity index is 860. The first-order valence-electron chi connectivity index (χ1n) is 6.85. The molecule has 0 aromatic carbocycles. The molecule has 0 aliphatic heterocycles. The molecule has 0 saturated heterocycles. The van der Waals surface area contributed by atoms with Crippen LogP contribution in [-0.4, -0.2) is 25.7 Å². The topological polar surface area (TPSA) is 89.8 Å². The average Bonchev–Trinajstić information content (AvgIpc) is 3.10. The maximum Gasteiger partial charge on any atom is 0.267 e. The fourth-order valence-electron chi connectivity index (χ4n) is 2.02. The van der Waals surface area contributed by atoms with Crippen molar-refractivity contribution in [3.63, 3.8) is 0 Å². The Morgan fingerprint density at radius 3 is 2.87 bits per heavy atom. The summed E-state index contributed by atoms with van der Waals surface area (Å²) >= 11 is 1.57. The van der Waals surface area contributed by atoms with Crippen LogP contribution in [0.2, 0.25) is 0 Å². The zero-order chi connectivity index (χ0) is 16.1. The van der Waals surface area contributed by atoms with Crippen molar-refractivity contribution in [2.45, 2.75) is 13.1 Å². The van der Waals surface area contributed by atoms with E-state index in [0.717, 1.165) is 15.9 Å². The van der Waals surface area contributed by atoms with E-state index in [1.807, 2.05) is 16.8 Å². The van der Waals surface area contributed by atoms with Gasteiger partial charge in [-0.15, -0.1) is 0 Å². The number of nitrogens with one attached hydrogen (secondary N) is 1. The third kappa shape index (κ3) is 3.67. The van der Waals surface area contributed by atoms with E-state index in [2.05, 4.69) is 20.4 Å². The van der Waals surface area contributed by atoms with E-state index >= 15 is 0 Å². The molecule has 0 radical (unpaired) electrons. The van der Waals surface area contributed by atoms with Gasteiger partial charge in [-0.3, -0.25) is 19.6 Å². The molecule has 3 rings (SSSR count). The highest BCUT2D eigenvalue weighted by Gasteiger charge is 2.10. The predicted octanol–water partition coefficient (Wildman–Crippen LogP) is 1.08. The van der Waals surface area contributed by atoms with Gasteiger partial charge < -0.3 is 5.32 Å². The second-order valence-electron chi connectivity index (χ2n) is 4.66. The summed E-state index contributed by atoms with van der Waals surface area (Å²) < 4.78 is 1.10. The van der Waals surface area contributed by atoms with Gasteiger partial charge in [0.1, 0.15) is 6.54 Å². The smallest absolute Gasteiger partial charge is 0.267 e. The highest BCUT2D eigenvalue weighted by atomic mass is 32.1. The zero-order valence-electron chi connectivity index (χ0n) is 12.0. The first-order valence-corrected chi connectivity index (χ1v) is 7.79. The van der Waals surface area contributed by atoms with Gasteiger partial charge in [0, 0.05) is 35.6 Å². The van der Waals surface area contributed by atoms with Crippen LogP contribution in [-0.2, 0) is 17.9 Å². The summed E-state index contributed by atoms with van der Waals surface area (Å²) in [7, 11) is 0. The number of thiophene rings is 1. The number of hydrogen-bond donors (Lipinski definition) is 1. The largest absolute Gasteiger partial charge is 0.349 e. The molecule has 116 valence electrons. The van der Waals surface area contributed by atoms with Crippen molar-refractivity contribution in [2.75, 3.05) is 0 Å². The van der Waals surface area contributed by atoms with Crippen molar-refractivity contribution in [1.29, 1.82) is 0 Å². The standard InChI is InChI=1S/C15H13N5O2S/c21-13(9-20-14(22)2-1-4-19-20)18-8-12-15(17-6-5-16-12)11-3-7-23-10-11/h1-7,10H,8-9H2,(H,18,21). The van der Waals surface area contributed by atoms with Gasteiger partial charge >= 0.3 is 0 Å². The molecule has 23 heavy (non-hydrogen) atoms. The number of aromatic nitrogens is 4. The molecule has 1 N–H and O–H groups in total. The molecule has 0 unspecified atom stereocenters. The van der Waals surface area contributed by atoms with Gasteiger partial charge in [0.05, 0.1) is 17.9 Å². The minimum absolute atomic E-state index is 0.131. The van der Waals surface area contributed by atoms with E-state index in [9.17, 15) is 9.59 Å². The summed E-state index contributed by atoms with van der Waals surface area (Å²) in [6, 6.07) is 4.84. The Balaban J connectivity index is 1.68. The molecule has 0 spiro atoms. The monoisotopic (exact) mass is 327 g/mol. The van der Waals surface area contributed by atoms with Gasteiger partial charge in [-0.05, 0) is 17.5 Å². The SMILES string of the molecule is O=C(Cn1ncccc1=O)NCc1nccnc1-c1ccsc1. The molecule has 0 bridgehead atoms. The van der Waals surface area contributed by atoms with E-state index in [1.165, 1.54) is 18.3 Å². The summed E-state index contributed by atoms with van der Waals surface area (Å²) in [5.74, 6) is -0.312. The lowest BCUT2D eigenvalue weighted by Crippen LogP contribution is -2.33. The molecule has 0 fully saturated rings. The van der Waals surface area contributed by atoms with Crippen molar-refractivity contribution < 1.29 is 4.79 Å². The van der Waals surface area contributed by atoms with Gasteiger partial charge in [0.2, 0.25) is 5.91 Å². The average molecular weight is 327 g/mol. The van der Waals surface area contributed by atoms with Crippen molar-refractivity contribution >= 4 is 17.2 Å². The Kier molecular flexibility index (Phi) is 4.53. The van der Waals surface area contributed by atoms with Crippen LogP contribution in [0, 0.1) is 0 Å². The van der Waals surface area contributed by atoms with E-state index in [-0.39, 0.29) is 24.6 Å². The van der Waals surface area contributed by atoms with Gasteiger partial charge in [-0.2, -0.15) is 16.4 Å². The van der Waals surface area contributed by atoms with Crippen LogP contribution in [0.15, 0.2) is 52.3 Å². The summed E-state index contributed by atoms with van der Waals surface area (Å²) in [5, 5.41) is 10.5. The summed E-state index contributed by atoms with van der Waals surface area (Å²) in [6.07, 6.45) is 4.67. The van der Waals surface area contributed by atoms with Gasteiger partial charge in [0.25, 0.3) is 5.56 Å². The van der Waals surface area contributed by atoms with Gasteiger partial charge in [-0.25, -0.2) is 4.68 Å².